The molecule has 2 heteroatoms. The Morgan fingerprint density at radius 1 is 0.765 bits per heavy atom. The Hall–Kier alpha value is -0.0800. The number of morpholine rings is 1. The lowest BCUT2D eigenvalue weighted by Crippen LogP contribution is -2.60. The van der Waals surface area contributed by atoms with Crippen LogP contribution in [0.2, 0.25) is 0 Å². The molecule has 2 aliphatic carbocycles. The SMILES string of the molecule is CC1(C)CCC2(CC1)CNCC1(CCCC1)O2. The van der Waals surface area contributed by atoms with Gasteiger partial charge in [0.15, 0.2) is 0 Å². The number of hydrogen-bond donors (Lipinski definition) is 1. The zero-order valence-corrected chi connectivity index (χ0v) is 11.5. The van der Waals surface area contributed by atoms with Crippen molar-refractivity contribution in [3.63, 3.8) is 0 Å². The Kier molecular flexibility index (Phi) is 2.79. The fraction of sp³-hybridized carbons (Fsp3) is 1.00. The summed E-state index contributed by atoms with van der Waals surface area (Å²) in [6, 6.07) is 0. The molecule has 0 bridgehead atoms. The normalized spacial score (nSPS) is 34.2. The molecule has 2 saturated carbocycles. The van der Waals surface area contributed by atoms with E-state index in [1.54, 1.807) is 0 Å². The van der Waals surface area contributed by atoms with Gasteiger partial charge in [-0.05, 0) is 43.9 Å². The van der Waals surface area contributed by atoms with E-state index in [4.69, 9.17) is 4.74 Å². The van der Waals surface area contributed by atoms with Gasteiger partial charge in [0.05, 0.1) is 11.2 Å². The highest BCUT2D eigenvalue weighted by Gasteiger charge is 2.49. The van der Waals surface area contributed by atoms with Crippen molar-refractivity contribution in [1.29, 1.82) is 0 Å². The van der Waals surface area contributed by atoms with Gasteiger partial charge in [-0.2, -0.15) is 0 Å². The van der Waals surface area contributed by atoms with Crippen molar-refractivity contribution in [1.82, 2.24) is 5.32 Å². The third kappa shape index (κ3) is 2.26. The van der Waals surface area contributed by atoms with Crippen molar-refractivity contribution >= 4 is 0 Å². The predicted octanol–water partition coefficient (Wildman–Crippen LogP) is 3.26. The minimum Gasteiger partial charge on any atom is -0.366 e. The van der Waals surface area contributed by atoms with Gasteiger partial charge in [-0.3, -0.25) is 0 Å². The van der Waals surface area contributed by atoms with Crippen molar-refractivity contribution in [3.8, 4) is 0 Å². The molecule has 0 aromatic carbocycles. The Labute approximate surface area is 105 Å². The second kappa shape index (κ2) is 3.96. The Bertz CT molecular complexity index is 281. The summed E-state index contributed by atoms with van der Waals surface area (Å²) in [5.41, 5.74) is 0.923. The molecule has 2 spiro atoms. The minimum atomic E-state index is 0.179. The Balaban J connectivity index is 1.71. The molecule has 1 aliphatic heterocycles. The maximum Gasteiger partial charge on any atom is 0.0814 e. The van der Waals surface area contributed by atoms with Gasteiger partial charge < -0.3 is 10.1 Å². The standard InChI is InChI=1S/C15H27NO/c1-13(2)7-9-15(10-8-13)12-16-11-14(17-15)5-3-4-6-14/h16H,3-12H2,1-2H3. The molecular weight excluding hydrogens is 210 g/mol. The minimum absolute atomic E-state index is 0.179. The smallest absolute Gasteiger partial charge is 0.0814 e. The molecule has 0 aromatic rings. The third-order valence-electron chi connectivity index (χ3n) is 5.36. The van der Waals surface area contributed by atoms with Gasteiger partial charge in [0, 0.05) is 13.1 Å². The average molecular weight is 237 g/mol. The van der Waals surface area contributed by atoms with Crippen molar-refractivity contribution in [2.75, 3.05) is 13.1 Å². The van der Waals surface area contributed by atoms with Crippen LogP contribution in [0.5, 0.6) is 0 Å². The van der Waals surface area contributed by atoms with Gasteiger partial charge in [0.1, 0.15) is 0 Å². The first kappa shape index (κ1) is 12.0. The van der Waals surface area contributed by atoms with Crippen molar-refractivity contribution in [2.24, 2.45) is 5.41 Å². The predicted molar refractivity (Wildman–Crippen MR) is 70.1 cm³/mol. The van der Waals surface area contributed by atoms with Crippen LogP contribution in [0.15, 0.2) is 0 Å². The maximum atomic E-state index is 6.69. The molecule has 0 radical (unpaired) electrons. The van der Waals surface area contributed by atoms with Crippen molar-refractivity contribution < 1.29 is 4.74 Å². The van der Waals surface area contributed by atoms with Crippen LogP contribution in [-0.4, -0.2) is 24.3 Å². The zero-order chi connectivity index (χ0) is 12.0. The summed E-state index contributed by atoms with van der Waals surface area (Å²) in [5.74, 6) is 0. The van der Waals surface area contributed by atoms with Crippen molar-refractivity contribution in [3.05, 3.63) is 0 Å². The van der Waals surface area contributed by atoms with Crippen LogP contribution in [0.3, 0.4) is 0 Å². The molecule has 3 aliphatic rings. The molecule has 3 rings (SSSR count). The highest BCUT2D eigenvalue weighted by atomic mass is 16.5. The maximum absolute atomic E-state index is 6.69. The molecular formula is C15H27NO. The molecule has 3 fully saturated rings. The van der Waals surface area contributed by atoms with E-state index in [0.717, 1.165) is 13.1 Å². The lowest BCUT2D eigenvalue weighted by atomic mass is 9.70. The third-order valence-corrected chi connectivity index (χ3v) is 5.36. The van der Waals surface area contributed by atoms with E-state index in [1.165, 1.54) is 51.4 Å². The molecule has 1 N–H and O–H groups in total. The quantitative estimate of drug-likeness (QED) is 0.698. The molecule has 0 aromatic heterocycles. The van der Waals surface area contributed by atoms with Gasteiger partial charge in [0.2, 0.25) is 0 Å². The van der Waals surface area contributed by atoms with E-state index in [1.807, 2.05) is 0 Å². The van der Waals surface area contributed by atoms with Crippen LogP contribution in [0, 0.1) is 5.41 Å². The molecule has 17 heavy (non-hydrogen) atoms. The number of ether oxygens (including phenoxy) is 1. The summed E-state index contributed by atoms with van der Waals surface area (Å²) in [6.45, 7) is 6.99. The van der Waals surface area contributed by atoms with E-state index in [2.05, 4.69) is 19.2 Å². The van der Waals surface area contributed by atoms with Crippen LogP contribution in [-0.2, 0) is 4.74 Å². The first-order chi connectivity index (χ1) is 8.04. The summed E-state index contributed by atoms with van der Waals surface area (Å²) in [4.78, 5) is 0. The molecule has 0 amide bonds. The molecule has 1 saturated heterocycles. The molecule has 1 heterocycles. The largest absolute Gasteiger partial charge is 0.366 e. The molecule has 0 unspecified atom stereocenters. The van der Waals surface area contributed by atoms with Gasteiger partial charge in [0.25, 0.3) is 0 Å². The second-order valence-electron chi connectivity index (χ2n) is 7.44. The Morgan fingerprint density at radius 3 is 1.88 bits per heavy atom. The topological polar surface area (TPSA) is 21.3 Å². The molecule has 2 nitrogen and oxygen atoms in total. The van der Waals surface area contributed by atoms with Gasteiger partial charge >= 0.3 is 0 Å². The van der Waals surface area contributed by atoms with E-state index in [-0.39, 0.29) is 11.2 Å². The highest BCUT2D eigenvalue weighted by molar-refractivity contribution is 5.01. The average Bonchev–Trinajstić information content (AvgIpc) is 2.72. The summed E-state index contributed by atoms with van der Waals surface area (Å²) in [5, 5.41) is 3.68. The second-order valence-corrected chi connectivity index (χ2v) is 7.44. The summed E-state index contributed by atoms with van der Waals surface area (Å²) in [6.07, 6.45) is 10.5. The van der Waals surface area contributed by atoms with Gasteiger partial charge in [-0.1, -0.05) is 26.7 Å². The monoisotopic (exact) mass is 237 g/mol. The van der Waals surface area contributed by atoms with Crippen LogP contribution >= 0.6 is 0 Å². The summed E-state index contributed by atoms with van der Waals surface area (Å²) in [7, 11) is 0. The highest BCUT2D eigenvalue weighted by Crippen LogP contribution is 2.47. The fourth-order valence-corrected chi connectivity index (χ4v) is 4.01. The van der Waals surface area contributed by atoms with Crippen molar-refractivity contribution in [2.45, 2.75) is 76.4 Å². The first-order valence-electron chi connectivity index (χ1n) is 7.44. The van der Waals surface area contributed by atoms with Gasteiger partial charge in [-0.25, -0.2) is 0 Å². The van der Waals surface area contributed by atoms with Crippen LogP contribution < -0.4 is 5.32 Å². The van der Waals surface area contributed by atoms with Crippen LogP contribution in [0.1, 0.15) is 65.2 Å². The summed E-state index contributed by atoms with van der Waals surface area (Å²) >= 11 is 0. The lowest BCUT2D eigenvalue weighted by molar-refractivity contribution is -0.195. The van der Waals surface area contributed by atoms with E-state index in [0.29, 0.717) is 5.41 Å². The number of hydrogen-bond acceptors (Lipinski definition) is 2. The van der Waals surface area contributed by atoms with Crippen LogP contribution in [0.25, 0.3) is 0 Å². The van der Waals surface area contributed by atoms with E-state index in [9.17, 15) is 0 Å². The first-order valence-corrected chi connectivity index (χ1v) is 7.44. The summed E-state index contributed by atoms with van der Waals surface area (Å²) < 4.78 is 6.69. The molecule has 0 atom stereocenters. The van der Waals surface area contributed by atoms with E-state index < -0.39 is 0 Å². The number of nitrogens with one attached hydrogen (secondary N) is 1. The Morgan fingerprint density at radius 2 is 1.29 bits per heavy atom. The fourth-order valence-electron chi connectivity index (χ4n) is 4.01. The number of rotatable bonds is 0. The van der Waals surface area contributed by atoms with Crippen LogP contribution in [0.4, 0.5) is 0 Å². The molecule has 98 valence electrons. The van der Waals surface area contributed by atoms with E-state index >= 15 is 0 Å². The lowest BCUT2D eigenvalue weighted by Gasteiger charge is -2.51. The zero-order valence-electron chi connectivity index (χ0n) is 11.5. The van der Waals surface area contributed by atoms with Gasteiger partial charge in [-0.15, -0.1) is 0 Å².